The Hall–Kier alpha value is -2.25. The zero-order chi connectivity index (χ0) is 21.3. The smallest absolute Gasteiger partial charge is 0.262 e. The largest absolute Gasteiger partial charge is 0.352 e. The van der Waals surface area contributed by atoms with Crippen LogP contribution in [0.2, 0.25) is 0 Å². The van der Waals surface area contributed by atoms with Crippen molar-refractivity contribution >= 4 is 47.1 Å². The molecule has 2 aromatic rings. The minimum Gasteiger partial charge on any atom is -0.352 e. The number of carbonyl (C=O) groups excluding carboxylic acids is 2. The van der Waals surface area contributed by atoms with Gasteiger partial charge in [-0.25, -0.2) is 4.39 Å². The van der Waals surface area contributed by atoms with Crippen LogP contribution in [0.3, 0.4) is 0 Å². The van der Waals surface area contributed by atoms with Crippen molar-refractivity contribution in [3.63, 3.8) is 0 Å². The quantitative estimate of drug-likeness (QED) is 0.392. The van der Waals surface area contributed by atoms with Gasteiger partial charge in [-0.05, 0) is 54.7 Å². The lowest BCUT2D eigenvalue weighted by molar-refractivity contribution is -0.112. The van der Waals surface area contributed by atoms with Crippen LogP contribution in [0.15, 0.2) is 52.3 Å². The third kappa shape index (κ3) is 6.12. The Bertz CT molecular complexity index is 947. The Morgan fingerprint density at radius 1 is 1.20 bits per heavy atom. The molecular formula is C23H25FN2O2S2. The molecule has 1 aliphatic rings. The average Bonchev–Trinajstić information content (AvgIpc) is 2.74. The minimum absolute atomic E-state index is 0.150. The van der Waals surface area contributed by atoms with Crippen LogP contribution in [0.25, 0.3) is 6.08 Å². The molecule has 0 aliphatic carbocycles. The molecule has 30 heavy (non-hydrogen) atoms. The summed E-state index contributed by atoms with van der Waals surface area (Å²) < 4.78 is 13.9. The molecule has 1 heterocycles. The van der Waals surface area contributed by atoms with Crippen LogP contribution in [0, 0.1) is 5.82 Å². The fourth-order valence-electron chi connectivity index (χ4n) is 2.86. The predicted molar refractivity (Wildman–Crippen MR) is 124 cm³/mol. The predicted octanol–water partition coefficient (Wildman–Crippen LogP) is 5.56. The maximum absolute atomic E-state index is 13.9. The van der Waals surface area contributed by atoms with E-state index in [-0.39, 0.29) is 17.6 Å². The molecule has 0 saturated heterocycles. The third-order valence-corrected chi connectivity index (χ3v) is 6.77. The van der Waals surface area contributed by atoms with Gasteiger partial charge in [0, 0.05) is 22.6 Å². The van der Waals surface area contributed by atoms with Crippen molar-refractivity contribution in [2.45, 2.75) is 31.1 Å². The molecule has 0 saturated carbocycles. The van der Waals surface area contributed by atoms with Gasteiger partial charge in [-0.3, -0.25) is 9.59 Å². The average molecular weight is 445 g/mol. The minimum atomic E-state index is -0.375. The molecular weight excluding hydrogens is 419 g/mol. The molecule has 4 nitrogen and oxygen atoms in total. The molecule has 3 rings (SSSR count). The number of anilines is 1. The summed E-state index contributed by atoms with van der Waals surface area (Å²) in [6.07, 6.45) is 4.91. The highest BCUT2D eigenvalue weighted by atomic mass is 32.2. The molecule has 7 heteroatoms. The molecule has 0 fully saturated rings. The van der Waals surface area contributed by atoms with Crippen LogP contribution < -0.4 is 10.6 Å². The van der Waals surface area contributed by atoms with Crippen LogP contribution in [0.5, 0.6) is 0 Å². The summed E-state index contributed by atoms with van der Waals surface area (Å²) in [6, 6.07) is 11.6. The maximum atomic E-state index is 13.9. The van der Waals surface area contributed by atoms with Gasteiger partial charge in [0.25, 0.3) is 11.8 Å². The summed E-state index contributed by atoms with van der Waals surface area (Å²) in [6.45, 7) is 2.81. The molecule has 2 N–H and O–H groups in total. The molecule has 0 aromatic heterocycles. The number of hydrogen-bond acceptors (Lipinski definition) is 4. The van der Waals surface area contributed by atoms with Crippen LogP contribution in [0.1, 0.15) is 42.1 Å². The van der Waals surface area contributed by atoms with Gasteiger partial charge in [0.2, 0.25) is 0 Å². The number of rotatable bonds is 9. The monoisotopic (exact) mass is 444 g/mol. The molecule has 0 spiro atoms. The summed E-state index contributed by atoms with van der Waals surface area (Å²) >= 11 is 3.18. The van der Waals surface area contributed by atoms with Gasteiger partial charge in [0.15, 0.2) is 0 Å². The summed E-state index contributed by atoms with van der Waals surface area (Å²) in [4.78, 5) is 26.1. The number of carbonyl (C=O) groups is 2. The highest BCUT2D eigenvalue weighted by Crippen LogP contribution is 2.39. The normalized spacial score (nSPS) is 14.3. The first-order chi connectivity index (χ1) is 14.6. The standard InChI is InChI=1S/C23H25FN2O2S2/c1-2-3-12-29-13-6-11-25-22(27)17-9-10-20-19(14-17)26-23(28)21(30-20)15-16-7-4-5-8-18(16)24/h4-5,7-10,14-15H,2-3,6,11-13H2,1H3,(H,25,27)(H,26,28)/b21-15+. The molecule has 1 aliphatic heterocycles. The summed E-state index contributed by atoms with van der Waals surface area (Å²) in [5.74, 6) is 1.37. The zero-order valence-corrected chi connectivity index (χ0v) is 18.5. The summed E-state index contributed by atoms with van der Waals surface area (Å²) in [5, 5.41) is 5.74. The van der Waals surface area contributed by atoms with Gasteiger partial charge in [-0.15, -0.1) is 0 Å². The van der Waals surface area contributed by atoms with Crippen LogP contribution in [-0.2, 0) is 4.79 Å². The van der Waals surface area contributed by atoms with Gasteiger partial charge in [0.1, 0.15) is 5.82 Å². The Kier molecular flexibility index (Phi) is 8.39. The molecule has 0 atom stereocenters. The Morgan fingerprint density at radius 3 is 2.80 bits per heavy atom. The van der Waals surface area contributed by atoms with Crippen LogP contribution >= 0.6 is 23.5 Å². The van der Waals surface area contributed by atoms with E-state index in [9.17, 15) is 14.0 Å². The number of amides is 2. The van der Waals surface area contributed by atoms with Gasteiger partial charge in [-0.2, -0.15) is 11.8 Å². The van der Waals surface area contributed by atoms with Gasteiger partial charge < -0.3 is 10.6 Å². The van der Waals surface area contributed by atoms with Crippen molar-refractivity contribution in [3.05, 3.63) is 64.3 Å². The molecule has 0 radical (unpaired) electrons. The second-order valence-corrected chi connectivity index (χ2v) is 9.18. The van der Waals surface area contributed by atoms with E-state index in [0.717, 1.165) is 17.1 Å². The van der Waals surface area contributed by atoms with Crippen molar-refractivity contribution in [1.29, 1.82) is 0 Å². The second-order valence-electron chi connectivity index (χ2n) is 6.87. The summed E-state index contributed by atoms with van der Waals surface area (Å²) in [7, 11) is 0. The Morgan fingerprint density at radius 2 is 2.00 bits per heavy atom. The number of unbranched alkanes of at least 4 members (excludes halogenated alkanes) is 1. The number of hydrogen-bond donors (Lipinski definition) is 2. The van der Waals surface area contributed by atoms with Crippen LogP contribution in [0.4, 0.5) is 10.1 Å². The fourth-order valence-corrected chi connectivity index (χ4v) is 4.83. The highest BCUT2D eigenvalue weighted by molar-refractivity contribution is 8.04. The first-order valence-corrected chi connectivity index (χ1v) is 12.0. The number of benzene rings is 2. The van der Waals surface area contributed by atoms with E-state index in [1.165, 1.54) is 42.5 Å². The Balaban J connectivity index is 1.59. The lowest BCUT2D eigenvalue weighted by Crippen LogP contribution is -2.25. The Labute approximate surface area is 185 Å². The first kappa shape index (κ1) is 22.4. The summed E-state index contributed by atoms with van der Waals surface area (Å²) in [5.41, 5.74) is 1.47. The molecule has 158 valence electrons. The van der Waals surface area contributed by atoms with E-state index in [4.69, 9.17) is 0 Å². The number of fused-ring (bicyclic) bond motifs is 1. The molecule has 2 amide bonds. The van der Waals surface area contributed by atoms with E-state index in [1.54, 1.807) is 30.3 Å². The molecule has 0 unspecified atom stereocenters. The number of thioether (sulfide) groups is 2. The van der Waals surface area contributed by atoms with Crippen molar-refractivity contribution in [3.8, 4) is 0 Å². The lowest BCUT2D eigenvalue weighted by atomic mass is 10.1. The van der Waals surface area contributed by atoms with Crippen molar-refractivity contribution in [2.24, 2.45) is 0 Å². The van der Waals surface area contributed by atoms with Gasteiger partial charge in [-0.1, -0.05) is 43.3 Å². The topological polar surface area (TPSA) is 58.2 Å². The van der Waals surface area contributed by atoms with E-state index >= 15 is 0 Å². The second kappa shape index (κ2) is 11.2. The lowest BCUT2D eigenvalue weighted by Gasteiger charge is -2.19. The van der Waals surface area contributed by atoms with Crippen molar-refractivity contribution < 1.29 is 14.0 Å². The molecule has 2 aromatic carbocycles. The van der Waals surface area contributed by atoms with Crippen LogP contribution in [-0.4, -0.2) is 29.9 Å². The van der Waals surface area contributed by atoms with E-state index in [1.807, 2.05) is 17.8 Å². The van der Waals surface area contributed by atoms with E-state index < -0.39 is 0 Å². The SMILES string of the molecule is CCCCSCCCNC(=O)c1ccc2c(c1)NC(=O)/C(=C\c1ccccc1F)S2. The third-order valence-electron chi connectivity index (χ3n) is 4.52. The highest BCUT2D eigenvalue weighted by Gasteiger charge is 2.22. The van der Waals surface area contributed by atoms with E-state index in [2.05, 4.69) is 17.6 Å². The van der Waals surface area contributed by atoms with Gasteiger partial charge >= 0.3 is 0 Å². The van der Waals surface area contributed by atoms with Gasteiger partial charge in [0.05, 0.1) is 10.6 Å². The zero-order valence-electron chi connectivity index (χ0n) is 16.9. The van der Waals surface area contributed by atoms with Crippen molar-refractivity contribution in [2.75, 3.05) is 23.4 Å². The fraction of sp³-hybridized carbons (Fsp3) is 0.304. The maximum Gasteiger partial charge on any atom is 0.262 e. The number of nitrogens with one attached hydrogen (secondary N) is 2. The number of halogens is 1. The first-order valence-electron chi connectivity index (χ1n) is 10.0. The van der Waals surface area contributed by atoms with E-state index in [0.29, 0.717) is 28.3 Å². The molecule has 0 bridgehead atoms. The van der Waals surface area contributed by atoms with Crippen molar-refractivity contribution in [1.82, 2.24) is 5.32 Å².